The van der Waals surface area contributed by atoms with E-state index in [0.29, 0.717) is 0 Å². The molecule has 1 aromatic carbocycles. The lowest BCUT2D eigenvalue weighted by molar-refractivity contribution is 0.576. The highest BCUT2D eigenvalue weighted by Crippen LogP contribution is 2.17. The normalized spacial score (nSPS) is 13.2. The van der Waals surface area contributed by atoms with Crippen LogP contribution in [0.15, 0.2) is 34.7 Å². The van der Waals surface area contributed by atoms with E-state index in [4.69, 9.17) is 0 Å². The first-order valence-corrected chi connectivity index (χ1v) is 9.46. The maximum Gasteiger partial charge on any atom is 0.240 e. The first-order chi connectivity index (χ1) is 10.4. The molecule has 0 aliphatic heterocycles. The van der Waals surface area contributed by atoms with E-state index in [-0.39, 0.29) is 10.9 Å². The third-order valence-corrected chi connectivity index (χ3v) is 6.03. The second-order valence-corrected chi connectivity index (χ2v) is 7.89. The van der Waals surface area contributed by atoms with Crippen LogP contribution in [0.4, 0.5) is 0 Å². The van der Waals surface area contributed by atoms with Crippen molar-refractivity contribution in [3.63, 3.8) is 0 Å². The summed E-state index contributed by atoms with van der Waals surface area (Å²) in [6, 6.07) is 7.12. The van der Waals surface area contributed by atoms with E-state index >= 15 is 0 Å². The molecule has 2 N–H and O–H groups in total. The molecule has 22 heavy (non-hydrogen) atoms. The minimum Gasteiger partial charge on any atom is -0.310 e. The van der Waals surface area contributed by atoms with E-state index in [0.717, 1.165) is 24.2 Å². The number of nitrogens with one attached hydrogen (secondary N) is 2. The first kappa shape index (κ1) is 17.1. The number of nitrogens with zero attached hydrogens (tertiary/aromatic N) is 1. The highest BCUT2D eigenvalue weighted by molar-refractivity contribution is 7.89. The summed E-state index contributed by atoms with van der Waals surface area (Å²) in [5.41, 5.74) is 4.03. The molecule has 2 aromatic rings. The average molecular weight is 339 g/mol. The molecule has 1 aromatic heterocycles. The molecular formula is C15H21N3O2S2. The monoisotopic (exact) mass is 339 g/mol. The Balaban J connectivity index is 1.93. The summed E-state index contributed by atoms with van der Waals surface area (Å²) in [6.45, 7) is 4.96. The molecule has 2 rings (SSSR count). The lowest BCUT2D eigenvalue weighted by atomic mass is 10.1. The van der Waals surface area contributed by atoms with Gasteiger partial charge < -0.3 is 5.32 Å². The van der Waals surface area contributed by atoms with Crippen LogP contribution in [-0.2, 0) is 16.4 Å². The Bertz CT molecular complexity index is 709. The summed E-state index contributed by atoms with van der Waals surface area (Å²) in [6.07, 6.45) is 0.951. The number of rotatable bonds is 7. The molecule has 0 fully saturated rings. The molecule has 0 saturated heterocycles. The van der Waals surface area contributed by atoms with Crippen molar-refractivity contribution in [2.24, 2.45) is 0 Å². The molecule has 0 aliphatic carbocycles. The minimum absolute atomic E-state index is 0.166. The zero-order valence-corrected chi connectivity index (χ0v) is 14.6. The Hall–Kier alpha value is -1.28. The largest absolute Gasteiger partial charge is 0.310 e. The van der Waals surface area contributed by atoms with Crippen LogP contribution in [-0.4, -0.2) is 27.0 Å². The maximum atomic E-state index is 11.7. The van der Waals surface area contributed by atoms with Crippen LogP contribution in [0.1, 0.15) is 29.1 Å². The maximum absolute atomic E-state index is 11.7. The third-order valence-electron chi connectivity index (χ3n) is 3.61. The van der Waals surface area contributed by atoms with Gasteiger partial charge in [-0.15, -0.1) is 11.3 Å². The van der Waals surface area contributed by atoms with E-state index in [1.165, 1.54) is 11.9 Å². The molecule has 1 atom stereocenters. The Kier molecular flexibility index (Phi) is 5.69. The lowest BCUT2D eigenvalue weighted by Gasteiger charge is -2.14. The topological polar surface area (TPSA) is 71.1 Å². The lowest BCUT2D eigenvalue weighted by Crippen LogP contribution is -2.22. The molecule has 7 heteroatoms. The van der Waals surface area contributed by atoms with Crippen molar-refractivity contribution in [1.29, 1.82) is 0 Å². The SMILES string of the molecule is CNS(=O)(=O)c1ccc([C@@H](C)NCCc2scnc2C)cc1. The molecule has 0 spiro atoms. The van der Waals surface area contributed by atoms with Gasteiger partial charge in [-0.25, -0.2) is 18.1 Å². The zero-order valence-electron chi connectivity index (χ0n) is 13.0. The standard InChI is InChI=1S/C15H21N3O2S2/c1-11(17-9-8-15-12(2)18-10-21-15)13-4-6-14(7-5-13)22(19,20)16-3/h4-7,10-11,16-17H,8-9H2,1-3H3/t11-/m1/s1. The summed E-state index contributed by atoms with van der Waals surface area (Å²) >= 11 is 1.68. The van der Waals surface area contributed by atoms with Crippen LogP contribution in [0.5, 0.6) is 0 Å². The number of sulfonamides is 1. The Morgan fingerprint density at radius 2 is 1.95 bits per heavy atom. The van der Waals surface area contributed by atoms with Gasteiger partial charge in [-0.3, -0.25) is 0 Å². The first-order valence-electron chi connectivity index (χ1n) is 7.10. The fraction of sp³-hybridized carbons (Fsp3) is 0.400. The number of hydrogen-bond donors (Lipinski definition) is 2. The van der Waals surface area contributed by atoms with E-state index < -0.39 is 10.0 Å². The van der Waals surface area contributed by atoms with Crippen molar-refractivity contribution < 1.29 is 8.42 Å². The second-order valence-electron chi connectivity index (χ2n) is 5.06. The Labute approximate surface area is 135 Å². The van der Waals surface area contributed by atoms with Crippen molar-refractivity contribution in [3.8, 4) is 0 Å². The molecule has 5 nitrogen and oxygen atoms in total. The van der Waals surface area contributed by atoms with Crippen LogP contribution in [0.2, 0.25) is 0 Å². The minimum atomic E-state index is -3.37. The van der Waals surface area contributed by atoms with Crippen molar-refractivity contribution in [1.82, 2.24) is 15.0 Å². The number of aromatic nitrogens is 1. The summed E-state index contributed by atoms with van der Waals surface area (Å²) in [5.74, 6) is 0. The van der Waals surface area contributed by atoms with Gasteiger partial charge in [0, 0.05) is 17.5 Å². The van der Waals surface area contributed by atoms with E-state index in [1.54, 1.807) is 23.5 Å². The molecule has 0 unspecified atom stereocenters. The Morgan fingerprint density at radius 1 is 1.27 bits per heavy atom. The van der Waals surface area contributed by atoms with E-state index in [1.807, 2.05) is 24.6 Å². The molecule has 120 valence electrons. The number of hydrogen-bond acceptors (Lipinski definition) is 5. The molecule has 0 aliphatic rings. The summed E-state index contributed by atoms with van der Waals surface area (Å²) in [4.78, 5) is 5.83. The van der Waals surface area contributed by atoms with Gasteiger partial charge in [0.05, 0.1) is 16.1 Å². The molecule has 0 bridgehead atoms. The summed E-state index contributed by atoms with van der Waals surface area (Å²) in [7, 11) is -1.96. The van der Waals surface area contributed by atoms with Gasteiger partial charge in [-0.05, 0) is 45.0 Å². The predicted molar refractivity (Wildman–Crippen MR) is 89.7 cm³/mol. The molecule has 0 saturated carbocycles. The average Bonchev–Trinajstić information content (AvgIpc) is 2.92. The summed E-state index contributed by atoms with van der Waals surface area (Å²) in [5, 5.41) is 3.45. The van der Waals surface area contributed by atoms with Crippen LogP contribution in [0, 0.1) is 6.92 Å². The molecule has 1 heterocycles. The van der Waals surface area contributed by atoms with E-state index in [9.17, 15) is 8.42 Å². The van der Waals surface area contributed by atoms with Crippen molar-refractivity contribution in [2.45, 2.75) is 31.2 Å². The van der Waals surface area contributed by atoms with Gasteiger partial charge in [-0.2, -0.15) is 0 Å². The van der Waals surface area contributed by atoms with Gasteiger partial charge >= 0.3 is 0 Å². The van der Waals surface area contributed by atoms with Crippen LogP contribution < -0.4 is 10.0 Å². The van der Waals surface area contributed by atoms with Gasteiger partial charge in [-0.1, -0.05) is 12.1 Å². The predicted octanol–water partition coefficient (Wildman–Crippen LogP) is 2.25. The fourth-order valence-corrected chi connectivity index (χ4v) is 3.65. The van der Waals surface area contributed by atoms with Gasteiger partial charge in [0.1, 0.15) is 0 Å². The van der Waals surface area contributed by atoms with Crippen molar-refractivity contribution >= 4 is 21.4 Å². The van der Waals surface area contributed by atoms with Gasteiger partial charge in [0.25, 0.3) is 0 Å². The van der Waals surface area contributed by atoms with Crippen LogP contribution >= 0.6 is 11.3 Å². The third kappa shape index (κ3) is 4.13. The van der Waals surface area contributed by atoms with Crippen molar-refractivity contribution in [3.05, 3.63) is 45.9 Å². The summed E-state index contributed by atoms with van der Waals surface area (Å²) < 4.78 is 25.7. The smallest absolute Gasteiger partial charge is 0.240 e. The molecule has 0 amide bonds. The second kappa shape index (κ2) is 7.32. The quantitative estimate of drug-likeness (QED) is 0.812. The van der Waals surface area contributed by atoms with Crippen LogP contribution in [0.25, 0.3) is 0 Å². The highest BCUT2D eigenvalue weighted by Gasteiger charge is 2.12. The molecule has 0 radical (unpaired) electrons. The Morgan fingerprint density at radius 3 is 2.50 bits per heavy atom. The number of benzene rings is 1. The van der Waals surface area contributed by atoms with Gasteiger partial charge in [0.2, 0.25) is 10.0 Å². The number of aryl methyl sites for hydroxylation is 1. The zero-order chi connectivity index (χ0) is 16.2. The van der Waals surface area contributed by atoms with Crippen molar-refractivity contribution in [2.75, 3.05) is 13.6 Å². The molecular weight excluding hydrogens is 318 g/mol. The van der Waals surface area contributed by atoms with Crippen LogP contribution in [0.3, 0.4) is 0 Å². The fourth-order valence-electron chi connectivity index (χ4n) is 2.14. The highest BCUT2D eigenvalue weighted by atomic mass is 32.2. The van der Waals surface area contributed by atoms with E-state index in [2.05, 4.69) is 21.9 Å². The van der Waals surface area contributed by atoms with Gasteiger partial charge in [0.15, 0.2) is 0 Å². The number of thiazole rings is 1.